The lowest BCUT2D eigenvalue weighted by atomic mass is 10.1. The molecule has 21 heavy (non-hydrogen) atoms. The maximum atomic E-state index is 13.0. The summed E-state index contributed by atoms with van der Waals surface area (Å²) in [5.41, 5.74) is -0.00201. The second kappa shape index (κ2) is 6.03. The fraction of sp³-hybridized carbons (Fsp3) is 0.267. The number of pyridine rings is 1. The van der Waals surface area contributed by atoms with Crippen molar-refractivity contribution in [2.75, 3.05) is 19.0 Å². The van der Waals surface area contributed by atoms with Crippen molar-refractivity contribution in [1.29, 1.82) is 0 Å². The minimum atomic E-state index is -4.43. The molecule has 0 unspecified atom stereocenters. The molecule has 1 heterocycles. The fourth-order valence-corrected chi connectivity index (χ4v) is 1.96. The molecule has 0 aliphatic rings. The number of ether oxygens (including phenoxy) is 1. The first kappa shape index (κ1) is 15.2. The third-order valence-electron chi connectivity index (χ3n) is 2.89. The highest BCUT2D eigenvalue weighted by atomic mass is 19.4. The highest BCUT2D eigenvalue weighted by molar-refractivity contribution is 5.69. The standard InChI is InChI=1S/C15H15F3N2O/c1-3-19-14-9-10(15(16,17)18)8-12(20-14)11-6-4-5-7-13(11)21-2/h4-9H,3H2,1-2H3,(H,19,20). The van der Waals surface area contributed by atoms with Crippen molar-refractivity contribution >= 4 is 5.82 Å². The van der Waals surface area contributed by atoms with Crippen LogP contribution in [0, 0.1) is 0 Å². The summed E-state index contributed by atoms with van der Waals surface area (Å²) in [6.07, 6.45) is -4.43. The van der Waals surface area contributed by atoms with Gasteiger partial charge in [-0.3, -0.25) is 0 Å². The van der Waals surface area contributed by atoms with E-state index in [2.05, 4.69) is 10.3 Å². The zero-order valence-electron chi connectivity index (χ0n) is 11.7. The van der Waals surface area contributed by atoms with Gasteiger partial charge in [-0.1, -0.05) is 12.1 Å². The van der Waals surface area contributed by atoms with E-state index in [1.807, 2.05) is 0 Å². The molecule has 0 amide bonds. The van der Waals surface area contributed by atoms with Gasteiger partial charge in [0.05, 0.1) is 18.4 Å². The molecular weight excluding hydrogens is 281 g/mol. The van der Waals surface area contributed by atoms with E-state index in [1.165, 1.54) is 7.11 Å². The van der Waals surface area contributed by atoms with Crippen LogP contribution in [0.5, 0.6) is 5.75 Å². The largest absolute Gasteiger partial charge is 0.496 e. The molecule has 0 bridgehead atoms. The van der Waals surface area contributed by atoms with Crippen molar-refractivity contribution in [3.8, 4) is 17.0 Å². The van der Waals surface area contributed by atoms with E-state index >= 15 is 0 Å². The zero-order valence-corrected chi connectivity index (χ0v) is 11.7. The van der Waals surface area contributed by atoms with Gasteiger partial charge in [0.25, 0.3) is 0 Å². The highest BCUT2D eigenvalue weighted by Gasteiger charge is 2.32. The molecule has 0 spiro atoms. The Balaban J connectivity index is 2.59. The Kier molecular flexibility index (Phi) is 4.35. The average molecular weight is 296 g/mol. The van der Waals surface area contributed by atoms with Crippen molar-refractivity contribution in [3.63, 3.8) is 0 Å². The third-order valence-corrected chi connectivity index (χ3v) is 2.89. The van der Waals surface area contributed by atoms with Crippen LogP contribution in [0.15, 0.2) is 36.4 Å². The fourth-order valence-electron chi connectivity index (χ4n) is 1.96. The van der Waals surface area contributed by atoms with Crippen molar-refractivity contribution in [2.24, 2.45) is 0 Å². The van der Waals surface area contributed by atoms with Crippen molar-refractivity contribution < 1.29 is 17.9 Å². The quantitative estimate of drug-likeness (QED) is 0.917. The van der Waals surface area contributed by atoms with Crippen LogP contribution in [0.25, 0.3) is 11.3 Å². The molecule has 2 rings (SSSR count). The van der Waals surface area contributed by atoms with Crippen LogP contribution < -0.4 is 10.1 Å². The number of nitrogens with zero attached hydrogens (tertiary/aromatic N) is 1. The summed E-state index contributed by atoms with van der Waals surface area (Å²) in [5, 5.41) is 2.82. The van der Waals surface area contributed by atoms with Gasteiger partial charge >= 0.3 is 6.18 Å². The molecule has 1 aromatic carbocycles. The van der Waals surface area contributed by atoms with Crippen molar-refractivity contribution in [3.05, 3.63) is 42.0 Å². The van der Waals surface area contributed by atoms with E-state index in [1.54, 1.807) is 31.2 Å². The molecule has 0 fully saturated rings. The van der Waals surface area contributed by atoms with Crippen LogP contribution in [-0.4, -0.2) is 18.6 Å². The molecule has 0 aliphatic carbocycles. The number of halogens is 3. The van der Waals surface area contributed by atoms with E-state index < -0.39 is 11.7 Å². The number of hydrogen-bond acceptors (Lipinski definition) is 3. The molecule has 6 heteroatoms. The number of methoxy groups -OCH3 is 1. The van der Waals surface area contributed by atoms with Gasteiger partial charge in [0.1, 0.15) is 11.6 Å². The normalized spacial score (nSPS) is 11.3. The maximum Gasteiger partial charge on any atom is 0.416 e. The number of rotatable bonds is 4. The summed E-state index contributed by atoms with van der Waals surface area (Å²) in [6, 6.07) is 8.87. The Morgan fingerprint density at radius 1 is 1.19 bits per heavy atom. The third kappa shape index (κ3) is 3.45. The molecule has 0 radical (unpaired) electrons. The van der Waals surface area contributed by atoms with Crippen molar-refractivity contribution in [2.45, 2.75) is 13.1 Å². The van der Waals surface area contributed by atoms with Crippen LogP contribution in [0.2, 0.25) is 0 Å². The Hall–Kier alpha value is -2.24. The molecule has 2 aromatic rings. The molecule has 1 aromatic heterocycles. The van der Waals surface area contributed by atoms with Crippen LogP contribution in [-0.2, 0) is 6.18 Å². The Morgan fingerprint density at radius 3 is 2.52 bits per heavy atom. The molecular formula is C15H15F3N2O. The monoisotopic (exact) mass is 296 g/mol. The number of aromatic nitrogens is 1. The van der Waals surface area contributed by atoms with Gasteiger partial charge in [0.2, 0.25) is 0 Å². The predicted octanol–water partition coefficient (Wildman–Crippen LogP) is 4.21. The van der Waals surface area contributed by atoms with E-state index in [0.29, 0.717) is 17.9 Å². The van der Waals surface area contributed by atoms with Gasteiger partial charge in [-0.15, -0.1) is 0 Å². The molecule has 0 atom stereocenters. The second-order valence-corrected chi connectivity index (χ2v) is 4.35. The number of para-hydroxylation sites is 1. The number of benzene rings is 1. The number of nitrogens with one attached hydrogen (secondary N) is 1. The predicted molar refractivity (Wildman–Crippen MR) is 75.4 cm³/mol. The van der Waals surface area contributed by atoms with E-state index in [4.69, 9.17) is 4.74 Å². The first-order valence-corrected chi connectivity index (χ1v) is 6.42. The summed E-state index contributed by atoms with van der Waals surface area (Å²) in [6.45, 7) is 2.28. The minimum absolute atomic E-state index is 0.188. The maximum absolute atomic E-state index is 13.0. The lowest BCUT2D eigenvalue weighted by molar-refractivity contribution is -0.137. The number of hydrogen-bond donors (Lipinski definition) is 1. The van der Waals surface area contributed by atoms with Gasteiger partial charge in [-0.25, -0.2) is 4.98 Å². The summed E-state index contributed by atoms with van der Waals surface area (Å²) < 4.78 is 44.2. The molecule has 112 valence electrons. The molecule has 1 N–H and O–H groups in total. The van der Waals surface area contributed by atoms with Crippen molar-refractivity contribution in [1.82, 2.24) is 4.98 Å². The number of anilines is 1. The van der Waals surface area contributed by atoms with E-state index in [-0.39, 0.29) is 11.5 Å². The number of alkyl halides is 3. The lowest BCUT2D eigenvalue weighted by Crippen LogP contribution is -2.09. The minimum Gasteiger partial charge on any atom is -0.496 e. The Bertz CT molecular complexity index is 627. The summed E-state index contributed by atoms with van der Waals surface area (Å²) in [7, 11) is 1.47. The van der Waals surface area contributed by atoms with Gasteiger partial charge in [0, 0.05) is 12.1 Å². The Labute approximate surface area is 120 Å². The Morgan fingerprint density at radius 2 is 1.90 bits per heavy atom. The molecule has 3 nitrogen and oxygen atoms in total. The highest BCUT2D eigenvalue weighted by Crippen LogP contribution is 2.35. The smallest absolute Gasteiger partial charge is 0.416 e. The summed E-state index contributed by atoms with van der Waals surface area (Å²) in [4.78, 5) is 4.22. The summed E-state index contributed by atoms with van der Waals surface area (Å²) in [5.74, 6) is 0.667. The molecule has 0 aliphatic heterocycles. The lowest BCUT2D eigenvalue weighted by Gasteiger charge is -2.13. The van der Waals surface area contributed by atoms with Gasteiger partial charge in [-0.2, -0.15) is 13.2 Å². The van der Waals surface area contributed by atoms with E-state index in [0.717, 1.165) is 12.1 Å². The van der Waals surface area contributed by atoms with Crippen LogP contribution in [0.3, 0.4) is 0 Å². The molecule has 0 saturated heterocycles. The second-order valence-electron chi connectivity index (χ2n) is 4.35. The molecule has 0 saturated carbocycles. The SMILES string of the molecule is CCNc1cc(C(F)(F)F)cc(-c2ccccc2OC)n1. The van der Waals surface area contributed by atoms with E-state index in [9.17, 15) is 13.2 Å². The topological polar surface area (TPSA) is 34.1 Å². The van der Waals surface area contributed by atoms with Crippen LogP contribution >= 0.6 is 0 Å². The average Bonchev–Trinajstić information content (AvgIpc) is 2.46. The van der Waals surface area contributed by atoms with Gasteiger partial charge in [0.15, 0.2) is 0 Å². The summed E-state index contributed by atoms with van der Waals surface area (Å²) >= 11 is 0. The van der Waals surface area contributed by atoms with Crippen LogP contribution in [0.4, 0.5) is 19.0 Å². The van der Waals surface area contributed by atoms with Gasteiger partial charge < -0.3 is 10.1 Å². The first-order valence-electron chi connectivity index (χ1n) is 6.42. The van der Waals surface area contributed by atoms with Gasteiger partial charge in [-0.05, 0) is 31.2 Å². The van der Waals surface area contributed by atoms with Crippen LogP contribution in [0.1, 0.15) is 12.5 Å². The zero-order chi connectivity index (χ0) is 15.5. The first-order chi connectivity index (χ1) is 9.95.